The number of nitrogens with zero attached hydrogens (tertiary/aromatic N) is 3. The normalized spacial score (nSPS) is 16.6. The lowest BCUT2D eigenvalue weighted by atomic mass is 10.1. The molecule has 0 aliphatic carbocycles. The van der Waals surface area contributed by atoms with Crippen LogP contribution in [0.2, 0.25) is 5.02 Å². The number of hydrogen-bond acceptors (Lipinski definition) is 5. The lowest BCUT2D eigenvalue weighted by Gasteiger charge is -2.24. The van der Waals surface area contributed by atoms with Crippen LogP contribution < -0.4 is 10.2 Å². The van der Waals surface area contributed by atoms with Crippen molar-refractivity contribution in [3.8, 4) is 0 Å². The first kappa shape index (κ1) is 19.1. The van der Waals surface area contributed by atoms with Crippen molar-refractivity contribution < 1.29 is 9.72 Å². The molecule has 1 aliphatic heterocycles. The number of amides is 1. The fourth-order valence-corrected chi connectivity index (χ4v) is 3.45. The fourth-order valence-electron chi connectivity index (χ4n) is 3.23. The van der Waals surface area contributed by atoms with Crippen LogP contribution in [0.5, 0.6) is 0 Å². The van der Waals surface area contributed by atoms with Gasteiger partial charge in [0.15, 0.2) is 0 Å². The molecule has 0 radical (unpaired) electrons. The van der Waals surface area contributed by atoms with Crippen LogP contribution in [0.3, 0.4) is 0 Å². The Morgan fingerprint density at radius 2 is 2.04 bits per heavy atom. The van der Waals surface area contributed by atoms with Gasteiger partial charge in [-0.1, -0.05) is 23.7 Å². The highest BCUT2D eigenvalue weighted by Gasteiger charge is 2.27. The molecule has 0 saturated carbocycles. The van der Waals surface area contributed by atoms with Crippen LogP contribution in [-0.2, 0) is 0 Å². The minimum Gasteiger partial charge on any atom is -0.368 e. The van der Waals surface area contributed by atoms with E-state index >= 15 is 0 Å². The average Bonchev–Trinajstić information content (AvgIpc) is 3.12. The van der Waals surface area contributed by atoms with Gasteiger partial charge in [0.05, 0.1) is 26.9 Å². The van der Waals surface area contributed by atoms with Gasteiger partial charge in [-0.15, -0.1) is 0 Å². The lowest BCUT2D eigenvalue weighted by molar-refractivity contribution is -0.384. The zero-order valence-electron chi connectivity index (χ0n) is 15.2. The van der Waals surface area contributed by atoms with Gasteiger partial charge >= 0.3 is 0 Å². The second-order valence-electron chi connectivity index (χ2n) is 6.74. The molecule has 2 aromatic rings. The Labute approximate surface area is 162 Å². The van der Waals surface area contributed by atoms with Gasteiger partial charge < -0.3 is 15.1 Å². The summed E-state index contributed by atoms with van der Waals surface area (Å²) in [7, 11) is 4.06. The van der Waals surface area contributed by atoms with E-state index in [1.165, 1.54) is 12.1 Å². The zero-order chi connectivity index (χ0) is 19.6. The van der Waals surface area contributed by atoms with Crippen LogP contribution in [-0.4, -0.2) is 49.0 Å². The number of nitro groups is 1. The summed E-state index contributed by atoms with van der Waals surface area (Å²) in [6.07, 6.45) is 0.988. The summed E-state index contributed by atoms with van der Waals surface area (Å²) >= 11 is 6.10. The van der Waals surface area contributed by atoms with Crippen molar-refractivity contribution >= 4 is 34.6 Å². The van der Waals surface area contributed by atoms with Crippen molar-refractivity contribution in [2.45, 2.75) is 12.5 Å². The molecule has 27 heavy (non-hydrogen) atoms. The van der Waals surface area contributed by atoms with E-state index in [2.05, 4.69) is 15.1 Å². The summed E-state index contributed by atoms with van der Waals surface area (Å²) in [5, 5.41) is 14.3. The molecule has 3 rings (SSSR count). The first-order chi connectivity index (χ1) is 12.9. The first-order valence-corrected chi connectivity index (χ1v) is 9.00. The fraction of sp³-hybridized carbons (Fsp3) is 0.316. The zero-order valence-corrected chi connectivity index (χ0v) is 15.9. The molecule has 1 unspecified atom stereocenters. The second-order valence-corrected chi connectivity index (χ2v) is 7.15. The Balaban J connectivity index is 1.92. The maximum atomic E-state index is 12.7. The Kier molecular flexibility index (Phi) is 5.62. The van der Waals surface area contributed by atoms with Crippen molar-refractivity contribution in [1.82, 2.24) is 4.90 Å². The minimum atomic E-state index is -0.471. The van der Waals surface area contributed by atoms with Crippen LogP contribution in [0.4, 0.5) is 17.1 Å². The van der Waals surface area contributed by atoms with Gasteiger partial charge in [-0.2, -0.15) is 0 Å². The molecule has 1 amide bonds. The second kappa shape index (κ2) is 7.94. The SMILES string of the molecule is CN(C)C1CCN(c2ccc([N+](=O)[O-])cc2NC(=O)c2ccccc2Cl)C1. The highest BCUT2D eigenvalue weighted by Crippen LogP contribution is 2.33. The van der Waals surface area contributed by atoms with Crippen molar-refractivity contribution in [3.05, 3.63) is 63.2 Å². The van der Waals surface area contributed by atoms with Gasteiger partial charge in [0, 0.05) is 31.3 Å². The predicted octanol–water partition coefficient (Wildman–Crippen LogP) is 3.64. The molecule has 7 nitrogen and oxygen atoms in total. The standard InChI is InChI=1S/C19H21ClN4O3/c1-22(2)14-9-10-23(12-14)18-8-7-13(24(26)27)11-17(18)21-19(25)15-5-3-4-6-16(15)20/h3-8,11,14H,9-10,12H2,1-2H3,(H,21,25). The maximum Gasteiger partial charge on any atom is 0.271 e. The van der Waals surface area contributed by atoms with Gasteiger partial charge in [0.1, 0.15) is 0 Å². The molecule has 142 valence electrons. The number of likely N-dealkylation sites (N-methyl/N-ethyl adjacent to an activating group) is 1. The van der Waals surface area contributed by atoms with Crippen molar-refractivity contribution in [2.75, 3.05) is 37.4 Å². The summed E-state index contributed by atoms with van der Waals surface area (Å²) in [5.41, 5.74) is 1.43. The summed E-state index contributed by atoms with van der Waals surface area (Å²) in [6.45, 7) is 1.61. The van der Waals surface area contributed by atoms with Crippen LogP contribution in [0, 0.1) is 10.1 Å². The number of nitrogens with one attached hydrogen (secondary N) is 1. The minimum absolute atomic E-state index is 0.0726. The lowest BCUT2D eigenvalue weighted by Crippen LogP contribution is -2.31. The molecule has 1 atom stereocenters. The van der Waals surface area contributed by atoms with Crippen molar-refractivity contribution in [3.63, 3.8) is 0 Å². The Morgan fingerprint density at radius 1 is 1.30 bits per heavy atom. The Bertz CT molecular complexity index is 872. The largest absolute Gasteiger partial charge is 0.368 e. The van der Waals surface area contributed by atoms with Gasteiger partial charge in [-0.3, -0.25) is 14.9 Å². The number of carbonyl (C=O) groups excluding carboxylic acids is 1. The van der Waals surface area contributed by atoms with E-state index in [0.29, 0.717) is 22.3 Å². The third-order valence-corrected chi connectivity index (χ3v) is 5.12. The predicted molar refractivity (Wildman–Crippen MR) is 107 cm³/mol. The third-order valence-electron chi connectivity index (χ3n) is 4.79. The number of anilines is 2. The molecule has 0 aromatic heterocycles. The molecule has 1 N–H and O–H groups in total. The van der Waals surface area contributed by atoms with Gasteiger partial charge in [-0.05, 0) is 38.7 Å². The molecule has 1 saturated heterocycles. The quantitative estimate of drug-likeness (QED) is 0.625. The number of hydrogen-bond donors (Lipinski definition) is 1. The van der Waals surface area contributed by atoms with Crippen molar-refractivity contribution in [2.24, 2.45) is 0 Å². The van der Waals surface area contributed by atoms with E-state index in [1.807, 2.05) is 14.1 Å². The Hall–Kier alpha value is -2.64. The van der Waals surface area contributed by atoms with E-state index in [4.69, 9.17) is 11.6 Å². The molecule has 0 bridgehead atoms. The van der Waals surface area contributed by atoms with Gasteiger partial charge in [0.25, 0.3) is 11.6 Å². The maximum absolute atomic E-state index is 12.7. The van der Waals surface area contributed by atoms with Gasteiger partial charge in [0.2, 0.25) is 0 Å². The summed E-state index contributed by atoms with van der Waals surface area (Å²) in [6, 6.07) is 11.7. The van der Waals surface area contributed by atoms with E-state index < -0.39 is 10.8 Å². The number of non-ortho nitro benzene ring substituents is 1. The monoisotopic (exact) mass is 388 g/mol. The molecule has 1 heterocycles. The number of rotatable bonds is 5. The topological polar surface area (TPSA) is 78.7 Å². The smallest absolute Gasteiger partial charge is 0.271 e. The molecular formula is C19H21ClN4O3. The molecular weight excluding hydrogens is 368 g/mol. The van der Waals surface area contributed by atoms with E-state index in [0.717, 1.165) is 25.2 Å². The summed E-state index contributed by atoms with van der Waals surface area (Å²) in [4.78, 5) is 27.7. The number of halogens is 1. The molecule has 0 spiro atoms. The van der Waals surface area contributed by atoms with Crippen LogP contribution >= 0.6 is 11.6 Å². The van der Waals surface area contributed by atoms with Gasteiger partial charge in [-0.25, -0.2) is 0 Å². The number of benzene rings is 2. The van der Waals surface area contributed by atoms with Crippen molar-refractivity contribution in [1.29, 1.82) is 0 Å². The molecule has 1 aliphatic rings. The van der Waals surface area contributed by atoms with E-state index in [9.17, 15) is 14.9 Å². The van der Waals surface area contributed by atoms with E-state index in [1.54, 1.807) is 30.3 Å². The molecule has 2 aromatic carbocycles. The molecule has 8 heteroatoms. The number of carbonyl (C=O) groups is 1. The first-order valence-electron chi connectivity index (χ1n) is 8.62. The number of nitro benzene ring substituents is 1. The average molecular weight is 389 g/mol. The van der Waals surface area contributed by atoms with Crippen LogP contribution in [0.1, 0.15) is 16.8 Å². The third kappa shape index (κ3) is 4.20. The highest BCUT2D eigenvalue weighted by atomic mass is 35.5. The van der Waals surface area contributed by atoms with E-state index in [-0.39, 0.29) is 5.69 Å². The molecule has 1 fully saturated rings. The summed E-state index contributed by atoms with van der Waals surface area (Å²) < 4.78 is 0. The highest BCUT2D eigenvalue weighted by molar-refractivity contribution is 6.34. The van der Waals surface area contributed by atoms with Crippen LogP contribution in [0.15, 0.2) is 42.5 Å². The summed E-state index contributed by atoms with van der Waals surface area (Å²) in [5.74, 6) is -0.397. The van der Waals surface area contributed by atoms with Crippen LogP contribution in [0.25, 0.3) is 0 Å². The Morgan fingerprint density at radius 3 is 2.67 bits per heavy atom.